The first-order chi connectivity index (χ1) is 15.2. The van der Waals surface area contributed by atoms with Crippen molar-refractivity contribution < 1.29 is 18.8 Å². The second-order valence-electron chi connectivity index (χ2n) is 7.97. The van der Waals surface area contributed by atoms with Crippen molar-refractivity contribution in [3.8, 4) is 11.8 Å². The first kappa shape index (κ1) is 19.7. The van der Waals surface area contributed by atoms with Crippen LogP contribution in [-0.2, 0) is 14.3 Å². The van der Waals surface area contributed by atoms with E-state index in [0.717, 1.165) is 47.7 Å². The highest BCUT2D eigenvalue weighted by Gasteiger charge is 2.32. The molecule has 2 aromatic carbocycles. The van der Waals surface area contributed by atoms with Crippen LogP contribution in [0.1, 0.15) is 42.9 Å². The number of hydrogen-bond donors (Lipinski definition) is 2. The van der Waals surface area contributed by atoms with Crippen molar-refractivity contribution in [2.24, 2.45) is 0 Å². The molecule has 7 nitrogen and oxygen atoms in total. The van der Waals surface area contributed by atoms with E-state index in [4.69, 9.17) is 9.26 Å². The molecule has 31 heavy (non-hydrogen) atoms. The van der Waals surface area contributed by atoms with Crippen molar-refractivity contribution in [3.63, 3.8) is 0 Å². The monoisotopic (exact) mass is 417 g/mol. The largest absolute Gasteiger partial charge is 0.365 e. The smallest absolute Gasteiger partial charge is 0.235 e. The normalized spacial score (nSPS) is 19.9. The van der Waals surface area contributed by atoms with Crippen LogP contribution in [0, 0.1) is 11.8 Å². The minimum atomic E-state index is -0.502. The summed E-state index contributed by atoms with van der Waals surface area (Å²) in [6.45, 7) is 2.38. The molecule has 3 aromatic rings. The number of aromatic nitrogens is 1. The highest BCUT2D eigenvalue weighted by atomic mass is 16.5. The Morgan fingerprint density at radius 3 is 2.81 bits per heavy atom. The van der Waals surface area contributed by atoms with E-state index in [-0.39, 0.29) is 17.9 Å². The predicted octanol–water partition coefficient (Wildman–Crippen LogP) is 2.62. The summed E-state index contributed by atoms with van der Waals surface area (Å²) in [6.07, 6.45) is 3.03. The molecule has 1 atom stereocenters. The average molecular weight is 417 g/mol. The number of nitrogens with zero attached hydrogens (tertiary/aromatic N) is 1. The SMILES string of the molecule is O=C1CCC(c2noc3ccc4c(C#CCOC5CCNCC5)cccc4c23)C(=O)N1. The molecular weight excluding hydrogens is 394 g/mol. The number of carbonyl (C=O) groups is 2. The van der Waals surface area contributed by atoms with Gasteiger partial charge in [-0.15, -0.1) is 0 Å². The fraction of sp³-hybridized carbons (Fsp3) is 0.375. The number of fused-ring (bicyclic) bond motifs is 3. The van der Waals surface area contributed by atoms with Crippen LogP contribution in [0.3, 0.4) is 0 Å². The highest BCUT2D eigenvalue weighted by Crippen LogP contribution is 2.35. The number of carbonyl (C=O) groups excluding carboxylic acids is 2. The summed E-state index contributed by atoms with van der Waals surface area (Å²) in [5.74, 6) is 5.30. The maximum Gasteiger partial charge on any atom is 0.235 e. The Kier molecular flexibility index (Phi) is 5.41. The summed E-state index contributed by atoms with van der Waals surface area (Å²) in [6, 6.07) is 9.73. The van der Waals surface area contributed by atoms with Crippen molar-refractivity contribution in [1.82, 2.24) is 15.8 Å². The topological polar surface area (TPSA) is 93.5 Å². The summed E-state index contributed by atoms with van der Waals surface area (Å²) in [5.41, 5.74) is 2.08. The molecular formula is C24H23N3O4. The number of hydrogen-bond acceptors (Lipinski definition) is 6. The Morgan fingerprint density at radius 2 is 1.97 bits per heavy atom. The van der Waals surface area contributed by atoms with Crippen molar-refractivity contribution in [1.29, 1.82) is 0 Å². The summed E-state index contributed by atoms with van der Waals surface area (Å²) < 4.78 is 11.4. The van der Waals surface area contributed by atoms with Gasteiger partial charge in [-0.25, -0.2) is 0 Å². The fourth-order valence-corrected chi connectivity index (χ4v) is 4.38. The summed E-state index contributed by atoms with van der Waals surface area (Å²) in [4.78, 5) is 23.9. The van der Waals surface area contributed by atoms with E-state index in [1.807, 2.05) is 30.3 Å². The van der Waals surface area contributed by atoms with Crippen molar-refractivity contribution in [2.75, 3.05) is 19.7 Å². The fourth-order valence-electron chi connectivity index (χ4n) is 4.38. The third-order valence-corrected chi connectivity index (χ3v) is 5.99. The molecule has 0 spiro atoms. The molecule has 2 fully saturated rings. The Labute approximate surface area is 179 Å². The molecule has 158 valence electrons. The molecule has 0 bridgehead atoms. The molecule has 3 heterocycles. The zero-order valence-corrected chi connectivity index (χ0v) is 17.1. The zero-order chi connectivity index (χ0) is 21.2. The second kappa shape index (κ2) is 8.50. The molecule has 0 aliphatic carbocycles. The number of amides is 2. The number of ether oxygens (including phenoxy) is 1. The van der Waals surface area contributed by atoms with E-state index < -0.39 is 5.92 Å². The lowest BCUT2D eigenvalue weighted by atomic mass is 9.90. The van der Waals surface area contributed by atoms with Gasteiger partial charge in [0.2, 0.25) is 11.8 Å². The lowest BCUT2D eigenvalue weighted by Gasteiger charge is -2.21. The second-order valence-corrected chi connectivity index (χ2v) is 7.97. The van der Waals surface area contributed by atoms with Crippen LogP contribution in [0.15, 0.2) is 34.9 Å². The van der Waals surface area contributed by atoms with Crippen molar-refractivity contribution in [2.45, 2.75) is 37.7 Å². The molecule has 5 rings (SSSR count). The van der Waals surface area contributed by atoms with Crippen LogP contribution < -0.4 is 10.6 Å². The van der Waals surface area contributed by atoms with Gasteiger partial charge in [0.05, 0.1) is 17.4 Å². The lowest BCUT2D eigenvalue weighted by molar-refractivity contribution is -0.134. The Hall–Kier alpha value is -3.21. The van der Waals surface area contributed by atoms with Gasteiger partial charge in [-0.2, -0.15) is 0 Å². The maximum atomic E-state index is 12.4. The standard InChI is InChI=1S/C24H23N3O4/c28-21-9-7-19(24(29)26-21)23-22-18-5-1-3-15(17(18)6-8-20(22)31-27-23)4-2-14-30-16-10-12-25-13-11-16/h1,3,5-6,8,16,19,25H,7,9-14H2,(H,26,28,29). The molecule has 1 unspecified atom stereocenters. The van der Waals surface area contributed by atoms with Gasteiger partial charge in [0.25, 0.3) is 0 Å². The number of benzene rings is 2. The first-order valence-corrected chi connectivity index (χ1v) is 10.7. The molecule has 7 heteroatoms. The summed E-state index contributed by atoms with van der Waals surface area (Å²) in [7, 11) is 0. The summed E-state index contributed by atoms with van der Waals surface area (Å²) >= 11 is 0. The average Bonchev–Trinajstić information content (AvgIpc) is 3.22. The third kappa shape index (κ3) is 3.92. The third-order valence-electron chi connectivity index (χ3n) is 5.99. The van der Waals surface area contributed by atoms with Gasteiger partial charge >= 0.3 is 0 Å². The van der Waals surface area contributed by atoms with Gasteiger partial charge in [-0.05, 0) is 61.3 Å². The number of nitrogens with one attached hydrogen (secondary N) is 2. The molecule has 0 saturated carbocycles. The van der Waals surface area contributed by atoms with E-state index in [1.54, 1.807) is 0 Å². The molecule has 2 saturated heterocycles. The number of piperidine rings is 2. The molecule has 2 amide bonds. The van der Waals surface area contributed by atoms with Gasteiger partial charge in [0.15, 0.2) is 5.58 Å². The van der Waals surface area contributed by atoms with Gasteiger partial charge in [-0.3, -0.25) is 14.9 Å². The van der Waals surface area contributed by atoms with Crippen LogP contribution in [0.4, 0.5) is 0 Å². The van der Waals surface area contributed by atoms with E-state index in [9.17, 15) is 9.59 Å². The zero-order valence-electron chi connectivity index (χ0n) is 17.1. The van der Waals surface area contributed by atoms with E-state index in [1.165, 1.54) is 0 Å². The van der Waals surface area contributed by atoms with Crippen LogP contribution in [0.5, 0.6) is 0 Å². The number of rotatable bonds is 3. The van der Waals surface area contributed by atoms with Gasteiger partial charge in [0.1, 0.15) is 12.3 Å². The van der Waals surface area contributed by atoms with Crippen molar-refractivity contribution >= 4 is 33.6 Å². The van der Waals surface area contributed by atoms with E-state index in [0.29, 0.717) is 30.7 Å². The Balaban J connectivity index is 1.46. The van der Waals surface area contributed by atoms with Crippen LogP contribution in [0.25, 0.3) is 21.7 Å². The van der Waals surface area contributed by atoms with Crippen LogP contribution in [-0.4, -0.2) is 42.8 Å². The lowest BCUT2D eigenvalue weighted by Crippen LogP contribution is -2.39. The molecule has 0 radical (unpaired) electrons. The molecule has 2 aliphatic heterocycles. The van der Waals surface area contributed by atoms with Gasteiger partial charge in [0, 0.05) is 12.0 Å². The molecule has 2 N–H and O–H groups in total. The predicted molar refractivity (Wildman–Crippen MR) is 115 cm³/mol. The quantitative estimate of drug-likeness (QED) is 0.503. The van der Waals surface area contributed by atoms with E-state index >= 15 is 0 Å². The van der Waals surface area contributed by atoms with Gasteiger partial charge in [-0.1, -0.05) is 29.1 Å². The van der Waals surface area contributed by atoms with Crippen LogP contribution in [0.2, 0.25) is 0 Å². The minimum absolute atomic E-state index is 0.247. The molecule has 1 aromatic heterocycles. The summed E-state index contributed by atoms with van der Waals surface area (Å²) in [5, 5.41) is 12.6. The highest BCUT2D eigenvalue weighted by molar-refractivity contribution is 6.11. The number of imide groups is 1. The Morgan fingerprint density at radius 1 is 1.10 bits per heavy atom. The molecule has 2 aliphatic rings. The van der Waals surface area contributed by atoms with Crippen LogP contribution >= 0.6 is 0 Å². The first-order valence-electron chi connectivity index (χ1n) is 10.7. The Bertz CT molecular complexity index is 1210. The minimum Gasteiger partial charge on any atom is -0.365 e. The van der Waals surface area contributed by atoms with Gasteiger partial charge < -0.3 is 14.6 Å². The van der Waals surface area contributed by atoms with E-state index in [2.05, 4.69) is 27.6 Å². The maximum absolute atomic E-state index is 12.4. The van der Waals surface area contributed by atoms with Crippen molar-refractivity contribution in [3.05, 3.63) is 41.6 Å².